The van der Waals surface area contributed by atoms with Gasteiger partial charge >= 0.3 is 0 Å². The fraction of sp³-hybridized carbons (Fsp3) is 1.00. The van der Waals surface area contributed by atoms with Crippen molar-refractivity contribution in [3.63, 3.8) is 0 Å². The minimum atomic E-state index is -1.46. The van der Waals surface area contributed by atoms with Gasteiger partial charge in [-0.05, 0) is 49.6 Å². The largest absolute Gasteiger partial charge is 0.420 e. The monoisotopic (exact) mass is 329 g/mol. The van der Waals surface area contributed by atoms with Crippen LogP contribution in [0.4, 0.5) is 0 Å². The van der Waals surface area contributed by atoms with Crippen LogP contribution in [0.1, 0.15) is 25.7 Å². The van der Waals surface area contributed by atoms with Crippen molar-refractivity contribution in [1.29, 1.82) is 0 Å². The highest BCUT2D eigenvalue weighted by Crippen LogP contribution is 2.46. The fourth-order valence-electron chi connectivity index (χ4n) is 4.86. The standard InChI is InChI=1S/C15H35NOSi3/c1-17-20(6,7)15-10-8-9-14(13-15)16-18(2,3)11-12-19(16,4)5/h14-15H,8-13H2,1-7H3. The van der Waals surface area contributed by atoms with Crippen molar-refractivity contribution in [3.05, 3.63) is 0 Å². The summed E-state index contributed by atoms with van der Waals surface area (Å²) in [5, 5.41) is 0. The Morgan fingerprint density at radius 3 is 2.05 bits per heavy atom. The summed E-state index contributed by atoms with van der Waals surface area (Å²) < 4.78 is 9.08. The SMILES string of the molecule is CO[Si](C)(C)C1CCCC(N2[Si](C)(C)CC[Si]2(C)C)C1. The number of hydrogen-bond acceptors (Lipinski definition) is 2. The van der Waals surface area contributed by atoms with Crippen molar-refractivity contribution in [1.82, 2.24) is 4.23 Å². The number of hydrogen-bond donors (Lipinski definition) is 0. The topological polar surface area (TPSA) is 12.5 Å². The summed E-state index contributed by atoms with van der Waals surface area (Å²) >= 11 is 0. The highest BCUT2D eigenvalue weighted by molar-refractivity contribution is 6.95. The molecular formula is C15H35NOSi3. The second kappa shape index (κ2) is 5.65. The van der Waals surface area contributed by atoms with E-state index in [1.807, 2.05) is 7.11 Å². The predicted octanol–water partition coefficient (Wildman–Crippen LogP) is 4.88. The van der Waals surface area contributed by atoms with E-state index in [0.717, 1.165) is 11.6 Å². The quantitative estimate of drug-likeness (QED) is 0.684. The Balaban J connectivity index is 2.16. The molecule has 0 amide bonds. The maximum absolute atomic E-state index is 5.94. The van der Waals surface area contributed by atoms with Gasteiger partial charge in [0.05, 0.1) is 0 Å². The van der Waals surface area contributed by atoms with E-state index in [1.54, 1.807) is 12.1 Å². The molecule has 2 unspecified atom stereocenters. The lowest BCUT2D eigenvalue weighted by molar-refractivity contribution is 0.297. The van der Waals surface area contributed by atoms with E-state index >= 15 is 0 Å². The zero-order chi connectivity index (χ0) is 15.2. The van der Waals surface area contributed by atoms with Crippen molar-refractivity contribution in [2.45, 2.75) is 88.6 Å². The molecule has 2 fully saturated rings. The minimum absolute atomic E-state index is 0.876. The van der Waals surface area contributed by atoms with Crippen LogP contribution in [0.25, 0.3) is 0 Å². The molecule has 5 heteroatoms. The zero-order valence-electron chi connectivity index (χ0n) is 14.8. The van der Waals surface area contributed by atoms with Crippen molar-refractivity contribution in [3.8, 4) is 0 Å². The Morgan fingerprint density at radius 1 is 1.00 bits per heavy atom. The number of nitrogens with zero attached hydrogens (tertiary/aromatic N) is 1. The maximum Gasteiger partial charge on any atom is 0.189 e. The highest BCUT2D eigenvalue weighted by Gasteiger charge is 2.51. The summed E-state index contributed by atoms with van der Waals surface area (Å²) in [5.41, 5.74) is 0.876. The average Bonchev–Trinajstić information content (AvgIpc) is 2.58. The van der Waals surface area contributed by atoms with E-state index in [4.69, 9.17) is 4.43 Å². The summed E-state index contributed by atoms with van der Waals surface area (Å²) in [6.07, 6.45) is 5.74. The van der Waals surface area contributed by atoms with Gasteiger partial charge in [0.2, 0.25) is 0 Å². The van der Waals surface area contributed by atoms with Gasteiger partial charge in [-0.3, -0.25) is 0 Å². The summed E-state index contributed by atoms with van der Waals surface area (Å²) in [5.74, 6) is 0. The Labute approximate surface area is 129 Å². The van der Waals surface area contributed by atoms with E-state index in [0.29, 0.717) is 0 Å². The molecule has 0 bridgehead atoms. The molecular weight excluding hydrogens is 294 g/mol. The third-order valence-electron chi connectivity index (χ3n) is 6.17. The molecule has 2 aliphatic rings. The molecule has 0 N–H and O–H groups in total. The van der Waals surface area contributed by atoms with Gasteiger partial charge in [0.1, 0.15) is 16.5 Å². The highest BCUT2D eigenvalue weighted by atomic mass is 28.4. The van der Waals surface area contributed by atoms with Crippen LogP contribution >= 0.6 is 0 Å². The molecule has 0 aromatic heterocycles. The first-order chi connectivity index (χ1) is 9.10. The zero-order valence-corrected chi connectivity index (χ0v) is 17.8. The first-order valence-corrected chi connectivity index (χ1v) is 17.7. The molecule has 0 aromatic carbocycles. The molecule has 0 aromatic rings. The van der Waals surface area contributed by atoms with Crippen LogP contribution in [0.5, 0.6) is 0 Å². The molecule has 2 atom stereocenters. The van der Waals surface area contributed by atoms with E-state index in [1.165, 1.54) is 25.7 Å². The van der Waals surface area contributed by atoms with Crippen molar-refractivity contribution < 1.29 is 4.43 Å². The van der Waals surface area contributed by atoms with Crippen LogP contribution in [-0.2, 0) is 4.43 Å². The van der Waals surface area contributed by atoms with Gasteiger partial charge in [-0.15, -0.1) is 0 Å². The molecule has 20 heavy (non-hydrogen) atoms. The third kappa shape index (κ3) is 3.16. The van der Waals surface area contributed by atoms with Gasteiger partial charge in [0.15, 0.2) is 8.32 Å². The van der Waals surface area contributed by atoms with E-state index < -0.39 is 24.8 Å². The van der Waals surface area contributed by atoms with Crippen LogP contribution in [0.3, 0.4) is 0 Å². The molecule has 1 saturated carbocycles. The molecule has 118 valence electrons. The van der Waals surface area contributed by atoms with Crippen LogP contribution in [0.2, 0.25) is 56.9 Å². The molecule has 1 aliphatic heterocycles. The van der Waals surface area contributed by atoms with Gasteiger partial charge in [0.25, 0.3) is 0 Å². The lowest BCUT2D eigenvalue weighted by Crippen LogP contribution is -2.61. The Kier molecular flexibility index (Phi) is 4.78. The average molecular weight is 330 g/mol. The van der Waals surface area contributed by atoms with Crippen LogP contribution in [0.15, 0.2) is 0 Å². The van der Waals surface area contributed by atoms with Crippen LogP contribution in [-0.4, -0.2) is 42.2 Å². The van der Waals surface area contributed by atoms with Gasteiger partial charge in [-0.25, -0.2) is 0 Å². The van der Waals surface area contributed by atoms with Gasteiger partial charge < -0.3 is 8.66 Å². The van der Waals surface area contributed by atoms with E-state index in [9.17, 15) is 0 Å². The lowest BCUT2D eigenvalue weighted by atomic mass is 9.95. The van der Waals surface area contributed by atoms with Crippen molar-refractivity contribution in [2.75, 3.05) is 7.11 Å². The Bertz CT molecular complexity index is 341. The smallest absolute Gasteiger partial charge is 0.189 e. The number of rotatable bonds is 3. The third-order valence-corrected chi connectivity index (χ3v) is 20.1. The molecule has 2 rings (SSSR count). The summed E-state index contributed by atoms with van der Waals surface area (Å²) in [7, 11) is -1.75. The van der Waals surface area contributed by atoms with Gasteiger partial charge in [-0.2, -0.15) is 0 Å². The summed E-state index contributed by atoms with van der Waals surface area (Å²) in [6.45, 7) is 15.3. The van der Waals surface area contributed by atoms with Crippen LogP contribution < -0.4 is 0 Å². The molecule has 1 heterocycles. The Hall–Kier alpha value is 0.571. The Morgan fingerprint density at radius 2 is 1.55 bits per heavy atom. The molecule has 0 spiro atoms. The van der Waals surface area contributed by atoms with Crippen molar-refractivity contribution in [2.24, 2.45) is 0 Å². The van der Waals surface area contributed by atoms with Crippen LogP contribution in [0, 0.1) is 0 Å². The fourth-order valence-corrected chi connectivity index (χ4v) is 22.0. The second-order valence-electron chi connectivity index (χ2n) is 8.82. The van der Waals surface area contributed by atoms with E-state index in [2.05, 4.69) is 43.5 Å². The molecule has 2 nitrogen and oxygen atoms in total. The molecule has 1 saturated heterocycles. The minimum Gasteiger partial charge on any atom is -0.420 e. The first kappa shape index (κ1) is 16.9. The van der Waals surface area contributed by atoms with E-state index in [-0.39, 0.29) is 0 Å². The second-order valence-corrected chi connectivity index (χ2v) is 22.9. The maximum atomic E-state index is 5.94. The summed E-state index contributed by atoms with van der Waals surface area (Å²) in [4.78, 5) is 0. The van der Waals surface area contributed by atoms with Gasteiger partial charge in [0, 0.05) is 7.11 Å². The lowest BCUT2D eigenvalue weighted by Gasteiger charge is -2.49. The van der Waals surface area contributed by atoms with Gasteiger partial charge in [-0.1, -0.05) is 39.0 Å². The normalized spacial score (nSPS) is 34.4. The first-order valence-electron chi connectivity index (χ1n) is 8.45. The summed E-state index contributed by atoms with van der Waals surface area (Å²) in [6, 6.07) is 3.97. The molecule has 0 radical (unpaired) electrons. The van der Waals surface area contributed by atoms with Crippen molar-refractivity contribution >= 4 is 24.8 Å². The predicted molar refractivity (Wildman–Crippen MR) is 96.9 cm³/mol. The molecule has 1 aliphatic carbocycles.